The van der Waals surface area contributed by atoms with E-state index in [1.165, 1.54) is 40.7 Å². The summed E-state index contributed by atoms with van der Waals surface area (Å²) in [5.41, 5.74) is 2.33. The summed E-state index contributed by atoms with van der Waals surface area (Å²) in [4.78, 5) is 79.0. The highest BCUT2D eigenvalue weighted by atomic mass is 19.1. The Labute approximate surface area is 328 Å². The molecule has 2 fully saturated rings. The topological polar surface area (TPSA) is 219 Å². The van der Waals surface area contributed by atoms with Gasteiger partial charge in [0, 0.05) is 62.6 Å². The van der Waals surface area contributed by atoms with Gasteiger partial charge in [-0.25, -0.2) is 33.9 Å². The summed E-state index contributed by atoms with van der Waals surface area (Å²) in [6.45, 7) is 4.31. The van der Waals surface area contributed by atoms with Crippen LogP contribution in [-0.4, -0.2) is 130 Å². The number of aromatic amines is 2. The third-order valence-electron chi connectivity index (χ3n) is 10.5. The highest BCUT2D eigenvalue weighted by molar-refractivity contribution is 5.87. The van der Waals surface area contributed by atoms with E-state index in [-0.39, 0.29) is 23.4 Å². The van der Waals surface area contributed by atoms with Crippen molar-refractivity contribution in [3.63, 3.8) is 0 Å². The number of methoxy groups -OCH3 is 4. The van der Waals surface area contributed by atoms with Crippen LogP contribution in [0.5, 0.6) is 0 Å². The number of ether oxygens (including phenoxy) is 4. The predicted molar refractivity (Wildman–Crippen MR) is 202 cm³/mol. The number of rotatable bonds is 13. The van der Waals surface area contributed by atoms with Gasteiger partial charge in [-0.2, -0.15) is 0 Å². The number of nitrogens with zero attached hydrogens (tertiary/aromatic N) is 6. The normalized spacial score (nSPS) is 18.8. The fourth-order valence-electron chi connectivity index (χ4n) is 7.17. The first-order chi connectivity index (χ1) is 27.5. The molecule has 2 aliphatic rings. The number of carbonyl (C=O) groups is 4. The van der Waals surface area contributed by atoms with Gasteiger partial charge in [0.25, 0.3) is 0 Å². The van der Waals surface area contributed by atoms with Crippen molar-refractivity contribution >= 4 is 24.0 Å². The number of halogens is 1. The van der Waals surface area contributed by atoms with Crippen LogP contribution in [0.3, 0.4) is 0 Å². The number of alkyl carbamates (subject to hydrolysis) is 2. The molecular weight excluding hydrogens is 743 g/mol. The molecule has 304 valence electrons. The quantitative estimate of drug-likeness (QED) is 0.152. The molecule has 2 saturated heterocycles. The van der Waals surface area contributed by atoms with E-state index in [2.05, 4.69) is 35.6 Å². The van der Waals surface area contributed by atoms with Crippen LogP contribution in [0.2, 0.25) is 0 Å². The van der Waals surface area contributed by atoms with E-state index in [1.54, 1.807) is 54.4 Å². The number of carbonyl (C=O) groups excluding carboxylic acids is 4. The average Bonchev–Trinajstić information content (AvgIpc) is 4.07. The van der Waals surface area contributed by atoms with Crippen molar-refractivity contribution in [2.75, 3.05) is 41.5 Å². The molecule has 0 radical (unpaired) electrons. The summed E-state index contributed by atoms with van der Waals surface area (Å²) >= 11 is 0. The number of imidazole rings is 2. The maximum Gasteiger partial charge on any atom is 0.407 e. The van der Waals surface area contributed by atoms with Gasteiger partial charge >= 0.3 is 12.2 Å². The molecule has 0 unspecified atom stereocenters. The lowest BCUT2D eigenvalue weighted by Gasteiger charge is -2.30. The van der Waals surface area contributed by atoms with Crippen LogP contribution in [0.4, 0.5) is 14.0 Å². The molecule has 3 aromatic heterocycles. The summed E-state index contributed by atoms with van der Waals surface area (Å²) in [5.74, 6) is 0.203. The van der Waals surface area contributed by atoms with Crippen LogP contribution in [0, 0.1) is 5.82 Å². The first-order valence-corrected chi connectivity index (χ1v) is 18.6. The summed E-state index contributed by atoms with van der Waals surface area (Å²) in [6.07, 6.45) is 6.50. The second-order valence-corrected chi connectivity index (χ2v) is 13.8. The zero-order chi connectivity index (χ0) is 40.8. The van der Waals surface area contributed by atoms with Gasteiger partial charge in [0.1, 0.15) is 29.5 Å². The van der Waals surface area contributed by atoms with Gasteiger partial charge in [-0.15, -0.1) is 0 Å². The summed E-state index contributed by atoms with van der Waals surface area (Å²) in [5, 5.41) is 5.14. The van der Waals surface area contributed by atoms with Gasteiger partial charge in [-0.05, 0) is 51.7 Å². The van der Waals surface area contributed by atoms with Crippen LogP contribution in [0.1, 0.15) is 63.3 Å². The molecule has 19 heteroatoms. The number of nitrogens with one attached hydrogen (secondary N) is 4. The molecule has 1 aromatic carbocycles. The van der Waals surface area contributed by atoms with Gasteiger partial charge < -0.3 is 49.3 Å². The standard InChI is InChI=1S/C38H47FN10O8/c1-20(54-3)30(46-37(52)56-5)35(50)48-13-7-9-28(48)33-42-18-26(44-33)23-16-40-32(41-17-23)22-11-12-24(25(39)15-22)27-19-43-34(45-27)29-10-8-14-49(29)36(51)31(21(2)55-4)47-38(53)57-6/h11-12,15-21,28-31H,7-10,13-14H2,1-6H3,(H,42,44)(H,43,45)(H,46,52)(H,47,53)/t20-,21-,28+,29+,30+,31+/m1/s1. The number of likely N-dealkylation sites (tertiary alicyclic amines) is 2. The molecule has 57 heavy (non-hydrogen) atoms. The molecular formula is C38H47FN10O8. The SMILES string of the molecule is COC(=O)N[C@H](C(=O)N1CCC[C@H]1c1nc(-c2cnc(-c3ccc(-c4cnc([C@@H]5CCCN5C(=O)[C@@H](NC(=O)OC)[C@@H](C)OC)[nH]4)c(F)c3)nc2)c[nH]1)[C@@H](C)OC. The number of hydrogen-bond donors (Lipinski definition) is 4. The Kier molecular flexibility index (Phi) is 12.8. The Balaban J connectivity index is 1.13. The van der Waals surface area contributed by atoms with E-state index in [0.29, 0.717) is 65.9 Å². The van der Waals surface area contributed by atoms with Crippen molar-refractivity contribution in [1.82, 2.24) is 50.3 Å². The number of hydrogen-bond acceptors (Lipinski definition) is 12. The third-order valence-corrected chi connectivity index (χ3v) is 10.5. The highest BCUT2D eigenvalue weighted by Gasteiger charge is 2.40. The molecule has 4 N–H and O–H groups in total. The van der Waals surface area contributed by atoms with Gasteiger partial charge in [-0.1, -0.05) is 6.07 Å². The van der Waals surface area contributed by atoms with E-state index in [9.17, 15) is 19.2 Å². The van der Waals surface area contributed by atoms with Gasteiger partial charge in [0.05, 0.1) is 56.1 Å². The predicted octanol–water partition coefficient (Wildman–Crippen LogP) is 3.91. The molecule has 0 bridgehead atoms. The molecule has 0 aliphatic carbocycles. The minimum Gasteiger partial charge on any atom is -0.453 e. The fraction of sp³-hybridized carbons (Fsp3) is 0.474. The van der Waals surface area contributed by atoms with E-state index in [1.807, 2.05) is 0 Å². The van der Waals surface area contributed by atoms with Gasteiger partial charge in [-0.3, -0.25) is 9.59 Å². The summed E-state index contributed by atoms with van der Waals surface area (Å²) < 4.78 is 35.8. The summed E-state index contributed by atoms with van der Waals surface area (Å²) in [6, 6.07) is 1.98. The molecule has 6 rings (SSSR count). The molecule has 4 aromatic rings. The second kappa shape index (κ2) is 17.9. The minimum absolute atomic E-state index is 0.274. The molecule has 5 heterocycles. The Morgan fingerprint density at radius 3 is 1.88 bits per heavy atom. The van der Waals surface area contributed by atoms with Crippen molar-refractivity contribution in [2.24, 2.45) is 0 Å². The van der Waals surface area contributed by atoms with Crippen molar-refractivity contribution in [1.29, 1.82) is 0 Å². The lowest BCUT2D eigenvalue weighted by molar-refractivity contribution is -0.138. The molecule has 0 spiro atoms. The number of H-pyrrole nitrogens is 2. The maximum absolute atomic E-state index is 15.7. The number of amides is 4. The van der Waals surface area contributed by atoms with Gasteiger partial charge in [0.15, 0.2) is 5.82 Å². The molecule has 2 aliphatic heterocycles. The average molecular weight is 791 g/mol. The Hall–Kier alpha value is -5.95. The second-order valence-electron chi connectivity index (χ2n) is 13.8. The lowest BCUT2D eigenvalue weighted by atomic mass is 10.1. The molecule has 4 amide bonds. The van der Waals surface area contributed by atoms with Crippen molar-refractivity contribution in [3.05, 3.63) is 60.5 Å². The summed E-state index contributed by atoms with van der Waals surface area (Å²) in [7, 11) is 5.37. The number of benzene rings is 1. The Bertz CT molecular complexity index is 2060. The monoisotopic (exact) mass is 790 g/mol. The minimum atomic E-state index is -0.974. The van der Waals surface area contributed by atoms with Crippen LogP contribution in [-0.2, 0) is 28.5 Å². The van der Waals surface area contributed by atoms with Crippen molar-refractivity contribution < 1.29 is 42.5 Å². The smallest absolute Gasteiger partial charge is 0.407 e. The third kappa shape index (κ3) is 8.73. The van der Waals surface area contributed by atoms with Crippen LogP contribution >= 0.6 is 0 Å². The van der Waals surface area contributed by atoms with Gasteiger partial charge in [0.2, 0.25) is 11.8 Å². The van der Waals surface area contributed by atoms with Crippen molar-refractivity contribution in [3.8, 4) is 33.9 Å². The molecule has 0 saturated carbocycles. The zero-order valence-corrected chi connectivity index (χ0v) is 32.6. The highest BCUT2D eigenvalue weighted by Crippen LogP contribution is 2.35. The van der Waals surface area contributed by atoms with E-state index < -0.39 is 48.3 Å². The van der Waals surface area contributed by atoms with Crippen molar-refractivity contribution in [2.45, 2.75) is 75.9 Å². The largest absolute Gasteiger partial charge is 0.453 e. The lowest BCUT2D eigenvalue weighted by Crippen LogP contribution is -2.54. The first-order valence-electron chi connectivity index (χ1n) is 18.6. The first kappa shape index (κ1) is 40.7. The Morgan fingerprint density at radius 2 is 1.35 bits per heavy atom. The van der Waals surface area contributed by atoms with E-state index in [4.69, 9.17) is 23.9 Å². The molecule has 18 nitrogen and oxygen atoms in total. The van der Waals surface area contributed by atoms with Crippen LogP contribution in [0.25, 0.3) is 33.9 Å². The fourth-order valence-corrected chi connectivity index (χ4v) is 7.17. The van der Waals surface area contributed by atoms with Crippen LogP contribution in [0.15, 0.2) is 43.0 Å². The zero-order valence-electron chi connectivity index (χ0n) is 32.6. The van der Waals surface area contributed by atoms with E-state index >= 15 is 4.39 Å². The Morgan fingerprint density at radius 1 is 0.789 bits per heavy atom. The maximum atomic E-state index is 15.7. The molecule has 6 atom stereocenters. The van der Waals surface area contributed by atoms with Crippen LogP contribution < -0.4 is 10.6 Å². The number of aromatic nitrogens is 6. The van der Waals surface area contributed by atoms with E-state index in [0.717, 1.165) is 12.8 Å².